The molecule has 106 valence electrons. The van der Waals surface area contributed by atoms with Gasteiger partial charge >= 0.3 is 0 Å². The fraction of sp³-hybridized carbons (Fsp3) is 0.143. The van der Waals surface area contributed by atoms with Gasteiger partial charge in [-0.2, -0.15) is 0 Å². The van der Waals surface area contributed by atoms with Crippen LogP contribution in [-0.2, 0) is 16.4 Å². The number of hydrogen-bond donors (Lipinski definition) is 1. The molecule has 0 fully saturated rings. The number of benzene rings is 2. The first-order chi connectivity index (χ1) is 9.41. The van der Waals surface area contributed by atoms with Crippen molar-refractivity contribution in [2.24, 2.45) is 5.73 Å². The molecule has 2 aromatic carbocycles. The minimum absolute atomic E-state index is 0.245. The van der Waals surface area contributed by atoms with Crippen LogP contribution in [0, 0.1) is 0 Å². The van der Waals surface area contributed by atoms with Crippen molar-refractivity contribution in [1.29, 1.82) is 0 Å². The zero-order valence-electron chi connectivity index (χ0n) is 10.8. The maximum absolute atomic E-state index is 11.4. The van der Waals surface area contributed by atoms with Gasteiger partial charge in [0, 0.05) is 23.4 Å². The lowest BCUT2D eigenvalue weighted by molar-refractivity contribution is 0.476. The molecule has 20 heavy (non-hydrogen) atoms. The second-order valence-corrected chi connectivity index (χ2v) is 6.69. The molecule has 0 saturated heterocycles. The molecule has 0 radical (unpaired) electrons. The number of hydrogen-bond acceptors (Lipinski definition) is 4. The summed E-state index contributed by atoms with van der Waals surface area (Å²) >= 11 is 6.04. The zero-order chi connectivity index (χ0) is 14.8. The minimum atomic E-state index is -3.21. The topological polar surface area (TPSA) is 69.4 Å². The molecule has 0 aliphatic carbocycles. The monoisotopic (exact) mass is 311 g/mol. The molecule has 0 heterocycles. The molecular weight excluding hydrogens is 298 g/mol. The normalized spacial score (nSPS) is 11.3. The Kier molecular flexibility index (Phi) is 4.32. The van der Waals surface area contributed by atoms with Crippen LogP contribution in [0.25, 0.3) is 0 Å². The third-order valence-electron chi connectivity index (χ3n) is 2.76. The SMILES string of the molecule is CS(=O)(=O)c1ccc(Oc2cccc(Cl)c2CN)cc1. The standard InChI is InChI=1S/C14H14ClNO3S/c1-20(17,18)11-7-5-10(6-8-11)19-14-4-2-3-13(15)12(14)9-16/h2-8H,9,16H2,1H3. The Morgan fingerprint density at radius 1 is 1.15 bits per heavy atom. The molecule has 0 unspecified atom stereocenters. The molecule has 0 saturated carbocycles. The first-order valence-electron chi connectivity index (χ1n) is 5.87. The maximum Gasteiger partial charge on any atom is 0.175 e. The Bertz CT molecular complexity index is 712. The van der Waals surface area contributed by atoms with Crippen LogP contribution in [0.15, 0.2) is 47.4 Å². The van der Waals surface area contributed by atoms with Crippen LogP contribution in [0.1, 0.15) is 5.56 Å². The van der Waals surface area contributed by atoms with E-state index in [4.69, 9.17) is 22.1 Å². The summed E-state index contributed by atoms with van der Waals surface area (Å²) in [4.78, 5) is 0.245. The van der Waals surface area contributed by atoms with Gasteiger partial charge in [-0.25, -0.2) is 8.42 Å². The lowest BCUT2D eigenvalue weighted by atomic mass is 10.2. The van der Waals surface area contributed by atoms with Crippen LogP contribution in [-0.4, -0.2) is 14.7 Å². The molecule has 2 aromatic rings. The maximum atomic E-state index is 11.4. The van der Waals surface area contributed by atoms with Gasteiger partial charge in [-0.05, 0) is 36.4 Å². The third kappa shape index (κ3) is 3.30. The van der Waals surface area contributed by atoms with Gasteiger partial charge in [0.05, 0.1) is 4.90 Å². The van der Waals surface area contributed by atoms with Crippen molar-refractivity contribution >= 4 is 21.4 Å². The molecular formula is C14H14ClNO3S. The minimum Gasteiger partial charge on any atom is -0.457 e. The number of halogens is 1. The lowest BCUT2D eigenvalue weighted by Gasteiger charge is -2.11. The lowest BCUT2D eigenvalue weighted by Crippen LogP contribution is -2.00. The van der Waals surface area contributed by atoms with E-state index in [1.165, 1.54) is 12.1 Å². The Balaban J connectivity index is 2.29. The Labute approximate surface area is 123 Å². The number of nitrogens with two attached hydrogens (primary N) is 1. The van der Waals surface area contributed by atoms with Crippen molar-refractivity contribution in [2.45, 2.75) is 11.4 Å². The summed E-state index contributed by atoms with van der Waals surface area (Å²) in [5.74, 6) is 1.08. The molecule has 2 rings (SSSR count). The van der Waals surface area contributed by atoms with E-state index in [0.717, 1.165) is 6.26 Å². The van der Waals surface area contributed by atoms with Crippen LogP contribution in [0.3, 0.4) is 0 Å². The van der Waals surface area contributed by atoms with Crippen molar-refractivity contribution in [1.82, 2.24) is 0 Å². The molecule has 2 N–H and O–H groups in total. The van der Waals surface area contributed by atoms with Gasteiger partial charge < -0.3 is 10.5 Å². The van der Waals surface area contributed by atoms with E-state index in [9.17, 15) is 8.42 Å². The molecule has 0 atom stereocenters. The van der Waals surface area contributed by atoms with Gasteiger partial charge in [-0.1, -0.05) is 17.7 Å². The number of rotatable bonds is 4. The van der Waals surface area contributed by atoms with Gasteiger partial charge in [-0.3, -0.25) is 0 Å². The van der Waals surface area contributed by atoms with E-state index >= 15 is 0 Å². The summed E-state index contributed by atoms with van der Waals surface area (Å²) in [6.45, 7) is 0.260. The Morgan fingerprint density at radius 2 is 1.80 bits per heavy atom. The van der Waals surface area contributed by atoms with Crippen LogP contribution in [0.5, 0.6) is 11.5 Å². The summed E-state index contributed by atoms with van der Waals surface area (Å²) in [7, 11) is -3.21. The van der Waals surface area contributed by atoms with E-state index < -0.39 is 9.84 Å². The van der Waals surface area contributed by atoms with E-state index in [1.54, 1.807) is 30.3 Å². The molecule has 6 heteroatoms. The highest BCUT2D eigenvalue weighted by atomic mass is 35.5. The summed E-state index contributed by atoms with van der Waals surface area (Å²) in [5.41, 5.74) is 6.35. The summed E-state index contributed by atoms with van der Waals surface area (Å²) in [6, 6.07) is 11.5. The molecule has 0 bridgehead atoms. The first kappa shape index (κ1) is 14.8. The van der Waals surface area contributed by atoms with Crippen molar-refractivity contribution < 1.29 is 13.2 Å². The molecule has 0 aromatic heterocycles. The fourth-order valence-corrected chi connectivity index (χ4v) is 2.59. The Hall–Kier alpha value is -1.56. The van der Waals surface area contributed by atoms with E-state index in [-0.39, 0.29) is 11.4 Å². The van der Waals surface area contributed by atoms with Crippen LogP contribution in [0.2, 0.25) is 5.02 Å². The van der Waals surface area contributed by atoms with Gasteiger partial charge in [0.1, 0.15) is 11.5 Å². The predicted octanol–water partition coefficient (Wildman–Crippen LogP) is 2.99. The largest absolute Gasteiger partial charge is 0.457 e. The van der Waals surface area contributed by atoms with E-state index in [1.807, 2.05) is 0 Å². The van der Waals surface area contributed by atoms with Gasteiger partial charge in [0.15, 0.2) is 9.84 Å². The predicted molar refractivity (Wildman–Crippen MR) is 79.0 cm³/mol. The second kappa shape index (κ2) is 5.83. The fourth-order valence-electron chi connectivity index (χ4n) is 1.71. The zero-order valence-corrected chi connectivity index (χ0v) is 12.4. The van der Waals surface area contributed by atoms with E-state index in [2.05, 4.69) is 0 Å². The summed E-state index contributed by atoms with van der Waals surface area (Å²) < 4.78 is 28.4. The summed E-state index contributed by atoms with van der Waals surface area (Å²) in [5, 5.41) is 0.540. The van der Waals surface area contributed by atoms with E-state index in [0.29, 0.717) is 22.1 Å². The number of sulfone groups is 1. The highest BCUT2D eigenvalue weighted by Gasteiger charge is 2.09. The van der Waals surface area contributed by atoms with Gasteiger partial charge in [0.2, 0.25) is 0 Å². The van der Waals surface area contributed by atoms with Gasteiger partial charge in [0.25, 0.3) is 0 Å². The average Bonchev–Trinajstić information content (AvgIpc) is 2.38. The third-order valence-corrected chi connectivity index (χ3v) is 4.24. The molecule has 0 aliphatic rings. The average molecular weight is 312 g/mol. The highest BCUT2D eigenvalue weighted by molar-refractivity contribution is 7.90. The van der Waals surface area contributed by atoms with Crippen LogP contribution >= 0.6 is 11.6 Å². The Morgan fingerprint density at radius 3 is 2.35 bits per heavy atom. The smallest absolute Gasteiger partial charge is 0.175 e. The first-order valence-corrected chi connectivity index (χ1v) is 8.14. The van der Waals surface area contributed by atoms with Crippen molar-refractivity contribution in [3.05, 3.63) is 53.1 Å². The van der Waals surface area contributed by atoms with Crippen molar-refractivity contribution in [2.75, 3.05) is 6.26 Å². The molecule has 0 amide bonds. The van der Waals surface area contributed by atoms with Crippen LogP contribution < -0.4 is 10.5 Å². The summed E-state index contributed by atoms with van der Waals surface area (Å²) in [6.07, 6.45) is 1.16. The highest BCUT2D eigenvalue weighted by Crippen LogP contribution is 2.30. The van der Waals surface area contributed by atoms with Crippen molar-refractivity contribution in [3.63, 3.8) is 0 Å². The number of ether oxygens (including phenoxy) is 1. The quantitative estimate of drug-likeness (QED) is 0.942. The van der Waals surface area contributed by atoms with Crippen LogP contribution in [0.4, 0.5) is 0 Å². The molecule has 4 nitrogen and oxygen atoms in total. The molecule has 0 aliphatic heterocycles. The van der Waals surface area contributed by atoms with Crippen molar-refractivity contribution in [3.8, 4) is 11.5 Å². The second-order valence-electron chi connectivity index (χ2n) is 4.27. The van der Waals surface area contributed by atoms with Gasteiger partial charge in [-0.15, -0.1) is 0 Å². The molecule has 0 spiro atoms.